The van der Waals surface area contributed by atoms with Gasteiger partial charge in [0.1, 0.15) is 11.5 Å². The van der Waals surface area contributed by atoms with Crippen molar-refractivity contribution in [1.82, 2.24) is 29.9 Å². The Kier molecular flexibility index (Phi) is 13.6. The Bertz CT molecular complexity index is 2530. The Morgan fingerprint density at radius 2 is 0.532 bits per heavy atom. The Morgan fingerprint density at radius 1 is 0.290 bits per heavy atom. The van der Waals surface area contributed by atoms with Gasteiger partial charge in [-0.1, -0.05) is 48.5 Å². The van der Waals surface area contributed by atoms with E-state index in [1.54, 1.807) is 14.2 Å². The van der Waals surface area contributed by atoms with Crippen molar-refractivity contribution in [2.24, 2.45) is 0 Å². The zero-order chi connectivity index (χ0) is 43.3. The number of methoxy groups -OCH3 is 2. The van der Waals surface area contributed by atoms with E-state index in [1.165, 1.54) is 0 Å². The number of hydrogen-bond donors (Lipinski definition) is 6. The van der Waals surface area contributed by atoms with Crippen LogP contribution in [0.3, 0.4) is 0 Å². The lowest BCUT2D eigenvalue weighted by Gasteiger charge is -2.13. The van der Waals surface area contributed by atoms with Crippen molar-refractivity contribution in [3.63, 3.8) is 0 Å². The number of anilines is 12. The van der Waals surface area contributed by atoms with Crippen molar-refractivity contribution in [2.45, 2.75) is 27.7 Å². The highest BCUT2D eigenvalue weighted by molar-refractivity contribution is 5.65. The van der Waals surface area contributed by atoms with Gasteiger partial charge in [0.2, 0.25) is 35.7 Å². The van der Waals surface area contributed by atoms with Crippen LogP contribution in [-0.2, 0) is 0 Å². The lowest BCUT2D eigenvalue weighted by atomic mass is 10.1. The van der Waals surface area contributed by atoms with Crippen LogP contribution < -0.4 is 41.4 Å². The number of benzene rings is 6. The smallest absolute Gasteiger partial charge is 0.233 e. The molecule has 0 radical (unpaired) electrons. The highest BCUT2D eigenvalue weighted by Gasteiger charge is 2.11. The van der Waals surface area contributed by atoms with Crippen LogP contribution in [0.5, 0.6) is 11.5 Å². The van der Waals surface area contributed by atoms with Crippen molar-refractivity contribution >= 4 is 69.8 Å². The van der Waals surface area contributed by atoms with Gasteiger partial charge in [0, 0.05) is 34.1 Å². The third kappa shape index (κ3) is 12.4. The SMILES string of the molecule is COc1ccc(Nc2nc(Nc3cc(C)cc(C)c3)nc(Nc3cc(C)cc(C)c3)n2)cc1.COc1ccc(Nc2nc(Nc3ccccc3)nc(Nc3ccccc3)n2)cc1. The fraction of sp³-hybridized carbons (Fsp3) is 0.125. The molecule has 0 saturated carbocycles. The molecule has 0 amide bonds. The van der Waals surface area contributed by atoms with Crippen LogP contribution >= 0.6 is 0 Å². The molecule has 0 spiro atoms. The Labute approximate surface area is 361 Å². The van der Waals surface area contributed by atoms with Gasteiger partial charge in [-0.05, 0) is 147 Å². The van der Waals surface area contributed by atoms with E-state index in [0.717, 1.165) is 67.9 Å². The lowest BCUT2D eigenvalue weighted by Crippen LogP contribution is -2.07. The molecule has 0 aliphatic rings. The van der Waals surface area contributed by atoms with Gasteiger partial charge >= 0.3 is 0 Å². The molecule has 14 nitrogen and oxygen atoms in total. The lowest BCUT2D eigenvalue weighted by molar-refractivity contribution is 0.415. The first-order chi connectivity index (χ1) is 30.1. The number of nitrogens with one attached hydrogen (secondary N) is 6. The van der Waals surface area contributed by atoms with Gasteiger partial charge in [-0.3, -0.25) is 0 Å². The Hall–Kier alpha value is -8.26. The summed E-state index contributed by atoms with van der Waals surface area (Å²) in [6.45, 7) is 8.26. The largest absolute Gasteiger partial charge is 0.497 e. The highest BCUT2D eigenvalue weighted by Crippen LogP contribution is 2.26. The Morgan fingerprint density at radius 3 is 0.790 bits per heavy atom. The number of aromatic nitrogens is 6. The second-order valence-corrected chi connectivity index (χ2v) is 14.3. The van der Waals surface area contributed by atoms with Crippen molar-refractivity contribution in [3.05, 3.63) is 168 Å². The summed E-state index contributed by atoms with van der Waals surface area (Å²) in [5, 5.41) is 19.5. The van der Waals surface area contributed by atoms with E-state index in [9.17, 15) is 0 Å². The molecule has 0 saturated heterocycles. The first kappa shape index (κ1) is 41.9. The van der Waals surface area contributed by atoms with Crippen LogP contribution in [0.1, 0.15) is 22.3 Å². The molecular formula is C48H48N12O2. The summed E-state index contributed by atoms with van der Waals surface area (Å²) in [6.07, 6.45) is 0. The standard InChI is InChI=1S/C26H28N6O.C22H20N6O/c1-16-10-17(2)13-21(12-16)28-25-30-24(27-20-6-8-23(33-5)9-7-20)31-26(32-25)29-22-14-18(3)11-19(4)15-22;1-29-19-14-12-18(13-15-19)25-22-27-20(23-16-8-4-2-5-9-16)26-21(28-22)24-17-10-6-3-7-11-17/h6-15H,1-5H3,(H3,27,28,29,30,31,32);2-15H,1H3,(H3,23,24,25,26,27,28). The highest BCUT2D eigenvalue weighted by atomic mass is 16.5. The number of aryl methyl sites for hydroxylation is 4. The normalized spacial score (nSPS) is 10.4. The van der Waals surface area contributed by atoms with E-state index in [0.29, 0.717) is 35.7 Å². The minimum Gasteiger partial charge on any atom is -0.497 e. The van der Waals surface area contributed by atoms with Crippen molar-refractivity contribution < 1.29 is 9.47 Å². The molecule has 8 aromatic rings. The molecule has 6 aromatic carbocycles. The summed E-state index contributed by atoms with van der Waals surface area (Å²) in [7, 11) is 3.28. The number of para-hydroxylation sites is 2. The summed E-state index contributed by atoms with van der Waals surface area (Å²) in [5.74, 6) is 4.16. The minimum absolute atomic E-state index is 0.419. The first-order valence-electron chi connectivity index (χ1n) is 19.8. The van der Waals surface area contributed by atoms with Gasteiger partial charge in [0.15, 0.2) is 0 Å². The van der Waals surface area contributed by atoms with Crippen LogP contribution in [0.2, 0.25) is 0 Å². The van der Waals surface area contributed by atoms with Gasteiger partial charge in [0.05, 0.1) is 14.2 Å². The number of hydrogen-bond acceptors (Lipinski definition) is 14. The summed E-state index contributed by atoms with van der Waals surface area (Å²) < 4.78 is 10.4. The molecule has 0 fully saturated rings. The van der Waals surface area contributed by atoms with Gasteiger partial charge in [-0.25, -0.2) is 0 Å². The molecule has 0 atom stereocenters. The van der Waals surface area contributed by atoms with E-state index in [2.05, 4.69) is 126 Å². The molecule has 14 heteroatoms. The van der Waals surface area contributed by atoms with Crippen LogP contribution in [0.4, 0.5) is 69.8 Å². The van der Waals surface area contributed by atoms with E-state index in [4.69, 9.17) is 9.47 Å². The average molecular weight is 825 g/mol. The van der Waals surface area contributed by atoms with Gasteiger partial charge in [-0.2, -0.15) is 29.9 Å². The fourth-order valence-corrected chi connectivity index (χ4v) is 6.35. The quantitative estimate of drug-likeness (QED) is 0.0612. The second kappa shape index (κ2) is 20.1. The summed E-state index contributed by atoms with van der Waals surface area (Å²) >= 11 is 0. The summed E-state index contributed by atoms with van der Waals surface area (Å²) in [5.41, 5.74) is 9.96. The van der Waals surface area contributed by atoms with E-state index >= 15 is 0 Å². The predicted octanol–water partition coefficient (Wildman–Crippen LogP) is 11.5. The Balaban J connectivity index is 0.000000188. The zero-order valence-electron chi connectivity index (χ0n) is 35.4. The van der Waals surface area contributed by atoms with Crippen molar-refractivity contribution in [1.29, 1.82) is 0 Å². The molecule has 312 valence electrons. The summed E-state index contributed by atoms with van der Waals surface area (Å²) in [6, 6.07) is 47.1. The van der Waals surface area contributed by atoms with Gasteiger partial charge in [0.25, 0.3) is 0 Å². The molecule has 2 heterocycles. The molecule has 0 aliphatic heterocycles. The molecule has 2 aromatic heterocycles. The number of rotatable bonds is 14. The van der Waals surface area contributed by atoms with Gasteiger partial charge in [-0.15, -0.1) is 0 Å². The van der Waals surface area contributed by atoms with Crippen LogP contribution in [0.25, 0.3) is 0 Å². The monoisotopic (exact) mass is 824 g/mol. The topological polar surface area (TPSA) is 168 Å². The minimum atomic E-state index is 0.419. The van der Waals surface area contributed by atoms with E-state index < -0.39 is 0 Å². The molecule has 0 aliphatic carbocycles. The van der Waals surface area contributed by atoms with Crippen LogP contribution in [0, 0.1) is 27.7 Å². The maximum Gasteiger partial charge on any atom is 0.233 e. The number of ether oxygens (including phenoxy) is 2. The molecule has 62 heavy (non-hydrogen) atoms. The summed E-state index contributed by atoms with van der Waals surface area (Å²) in [4.78, 5) is 27.3. The zero-order valence-corrected chi connectivity index (χ0v) is 35.4. The van der Waals surface area contributed by atoms with Crippen LogP contribution in [-0.4, -0.2) is 44.1 Å². The third-order valence-corrected chi connectivity index (χ3v) is 8.98. The van der Waals surface area contributed by atoms with E-state index in [-0.39, 0.29) is 0 Å². The van der Waals surface area contributed by atoms with Gasteiger partial charge < -0.3 is 41.4 Å². The average Bonchev–Trinajstić information content (AvgIpc) is 3.24. The molecular weight excluding hydrogens is 777 g/mol. The predicted molar refractivity (Wildman–Crippen MR) is 250 cm³/mol. The van der Waals surface area contributed by atoms with Crippen LogP contribution in [0.15, 0.2) is 146 Å². The second-order valence-electron chi connectivity index (χ2n) is 14.3. The maximum atomic E-state index is 5.24. The number of nitrogens with zero attached hydrogens (tertiary/aromatic N) is 6. The first-order valence-corrected chi connectivity index (χ1v) is 19.8. The molecule has 0 unspecified atom stereocenters. The molecule has 6 N–H and O–H groups in total. The maximum absolute atomic E-state index is 5.24. The molecule has 0 bridgehead atoms. The van der Waals surface area contributed by atoms with Crippen molar-refractivity contribution in [3.8, 4) is 11.5 Å². The molecule has 8 rings (SSSR count). The third-order valence-electron chi connectivity index (χ3n) is 8.98. The fourth-order valence-electron chi connectivity index (χ4n) is 6.35. The van der Waals surface area contributed by atoms with E-state index in [1.807, 2.05) is 109 Å². The van der Waals surface area contributed by atoms with Crippen molar-refractivity contribution in [2.75, 3.05) is 46.1 Å².